The molecule has 110 valence electrons. The summed E-state index contributed by atoms with van der Waals surface area (Å²) in [6, 6.07) is 0.524. The van der Waals surface area contributed by atoms with Gasteiger partial charge < -0.3 is 15.1 Å². The van der Waals surface area contributed by atoms with E-state index in [0.717, 1.165) is 25.9 Å². The molecule has 8 heteroatoms. The molecule has 0 aliphatic carbocycles. The van der Waals surface area contributed by atoms with Gasteiger partial charge in [-0.3, -0.25) is 10.1 Å². The summed E-state index contributed by atoms with van der Waals surface area (Å²) in [5.41, 5.74) is -0.0349. The van der Waals surface area contributed by atoms with Crippen LogP contribution in [-0.2, 0) is 0 Å². The lowest BCUT2D eigenvalue weighted by atomic mass is 10.0. The van der Waals surface area contributed by atoms with Crippen molar-refractivity contribution in [1.29, 1.82) is 0 Å². The average Bonchev–Trinajstić information content (AvgIpc) is 2.46. The second kappa shape index (κ2) is 6.00. The summed E-state index contributed by atoms with van der Waals surface area (Å²) in [5, 5.41) is 13.9. The average molecular weight is 280 g/mol. The lowest BCUT2D eigenvalue weighted by Gasteiger charge is -2.35. The molecule has 0 spiro atoms. The van der Waals surface area contributed by atoms with Crippen LogP contribution in [0.1, 0.15) is 12.8 Å². The van der Waals surface area contributed by atoms with Crippen LogP contribution in [0, 0.1) is 10.1 Å². The molecule has 1 aliphatic heterocycles. The Labute approximate surface area is 118 Å². The van der Waals surface area contributed by atoms with Gasteiger partial charge in [-0.15, -0.1) is 0 Å². The topological polar surface area (TPSA) is 87.4 Å². The number of nitro groups is 1. The molecule has 1 aromatic rings. The van der Waals surface area contributed by atoms with Crippen LogP contribution in [0.25, 0.3) is 0 Å². The van der Waals surface area contributed by atoms with Gasteiger partial charge in [0.2, 0.25) is 11.8 Å². The highest BCUT2D eigenvalue weighted by molar-refractivity contribution is 5.59. The van der Waals surface area contributed by atoms with Crippen molar-refractivity contribution in [3.8, 4) is 0 Å². The summed E-state index contributed by atoms with van der Waals surface area (Å²) >= 11 is 0. The third-order valence-corrected chi connectivity index (χ3v) is 3.66. The van der Waals surface area contributed by atoms with Crippen LogP contribution in [0.4, 0.5) is 17.5 Å². The smallest absolute Gasteiger partial charge is 0.329 e. The molecule has 1 N–H and O–H groups in total. The molecule has 1 aromatic heterocycles. The molecule has 2 rings (SSSR count). The number of piperidine rings is 1. The summed E-state index contributed by atoms with van der Waals surface area (Å²) < 4.78 is 0. The van der Waals surface area contributed by atoms with E-state index in [0.29, 0.717) is 17.8 Å². The second-order valence-electron chi connectivity index (χ2n) is 5.09. The molecule has 8 nitrogen and oxygen atoms in total. The minimum Gasteiger partial charge on any atom is -0.357 e. The highest BCUT2D eigenvalue weighted by Crippen LogP contribution is 2.29. The Kier molecular flexibility index (Phi) is 4.33. The molecule has 1 saturated heterocycles. The Hall–Kier alpha value is -1.96. The number of aromatic nitrogens is 2. The number of nitrogens with one attached hydrogen (secondary N) is 1. The van der Waals surface area contributed by atoms with E-state index in [2.05, 4.69) is 34.3 Å². The zero-order chi connectivity index (χ0) is 14.7. The Morgan fingerprint density at radius 3 is 2.60 bits per heavy atom. The van der Waals surface area contributed by atoms with Crippen LogP contribution in [0.3, 0.4) is 0 Å². The first-order valence-corrected chi connectivity index (χ1v) is 6.63. The van der Waals surface area contributed by atoms with Crippen LogP contribution < -0.4 is 10.2 Å². The highest BCUT2D eigenvalue weighted by atomic mass is 16.6. The van der Waals surface area contributed by atoms with Gasteiger partial charge in [-0.1, -0.05) is 0 Å². The van der Waals surface area contributed by atoms with Crippen molar-refractivity contribution >= 4 is 17.5 Å². The zero-order valence-corrected chi connectivity index (χ0v) is 12.0. The van der Waals surface area contributed by atoms with Gasteiger partial charge in [-0.25, -0.2) is 4.98 Å². The molecule has 0 saturated carbocycles. The Morgan fingerprint density at radius 2 is 2.10 bits per heavy atom. The maximum absolute atomic E-state index is 11.1. The van der Waals surface area contributed by atoms with Crippen molar-refractivity contribution in [2.45, 2.75) is 18.9 Å². The fourth-order valence-electron chi connectivity index (χ4n) is 2.44. The molecule has 2 heterocycles. The first-order chi connectivity index (χ1) is 9.52. The first-order valence-electron chi connectivity index (χ1n) is 6.63. The van der Waals surface area contributed by atoms with Crippen molar-refractivity contribution < 1.29 is 4.92 Å². The van der Waals surface area contributed by atoms with Crippen molar-refractivity contribution in [3.63, 3.8) is 0 Å². The van der Waals surface area contributed by atoms with E-state index in [1.807, 2.05) is 4.90 Å². The molecule has 20 heavy (non-hydrogen) atoms. The van der Waals surface area contributed by atoms with Gasteiger partial charge in [0.15, 0.2) is 0 Å². The first kappa shape index (κ1) is 14.4. The largest absolute Gasteiger partial charge is 0.357 e. The van der Waals surface area contributed by atoms with Crippen molar-refractivity contribution in [1.82, 2.24) is 14.9 Å². The quantitative estimate of drug-likeness (QED) is 0.649. The van der Waals surface area contributed by atoms with Gasteiger partial charge in [0, 0.05) is 26.2 Å². The van der Waals surface area contributed by atoms with Crippen molar-refractivity contribution in [3.05, 3.63) is 16.3 Å². The number of rotatable bonds is 4. The fraction of sp³-hybridized carbons (Fsp3) is 0.667. The third kappa shape index (κ3) is 2.96. The summed E-state index contributed by atoms with van der Waals surface area (Å²) in [6.45, 7) is 1.54. The van der Waals surface area contributed by atoms with E-state index in [1.54, 1.807) is 7.05 Å². The van der Waals surface area contributed by atoms with Gasteiger partial charge in [0.25, 0.3) is 0 Å². The molecular weight excluding hydrogens is 260 g/mol. The van der Waals surface area contributed by atoms with E-state index >= 15 is 0 Å². The van der Waals surface area contributed by atoms with Crippen LogP contribution in [0.15, 0.2) is 6.20 Å². The molecule has 0 bridgehead atoms. The van der Waals surface area contributed by atoms with E-state index in [-0.39, 0.29) is 5.69 Å². The lowest BCUT2D eigenvalue weighted by Crippen LogP contribution is -2.42. The van der Waals surface area contributed by atoms with Crippen LogP contribution in [-0.4, -0.2) is 60.1 Å². The highest BCUT2D eigenvalue weighted by Gasteiger charge is 2.27. The zero-order valence-electron chi connectivity index (χ0n) is 12.0. The number of anilines is 2. The maximum atomic E-state index is 11.1. The summed E-state index contributed by atoms with van der Waals surface area (Å²) in [7, 11) is 5.82. The van der Waals surface area contributed by atoms with Gasteiger partial charge >= 0.3 is 5.69 Å². The molecule has 0 amide bonds. The Bertz CT molecular complexity index is 485. The van der Waals surface area contributed by atoms with Gasteiger partial charge in [0.1, 0.15) is 6.20 Å². The number of hydrogen-bond donors (Lipinski definition) is 1. The molecule has 0 radical (unpaired) electrons. The van der Waals surface area contributed by atoms with Crippen molar-refractivity contribution in [2.24, 2.45) is 0 Å². The third-order valence-electron chi connectivity index (χ3n) is 3.66. The summed E-state index contributed by atoms with van der Waals surface area (Å²) in [6.07, 6.45) is 3.22. The minimum absolute atomic E-state index is 0.0349. The van der Waals surface area contributed by atoms with Crippen LogP contribution in [0.5, 0.6) is 0 Å². The van der Waals surface area contributed by atoms with E-state index < -0.39 is 4.92 Å². The standard InChI is InChI=1S/C12H20N6O2/c1-13-12-14-8-10(18(19)20)11(15-12)17-6-4-9(5-7-17)16(2)3/h8-9H,4-7H2,1-3H3,(H,13,14,15). The molecule has 0 aromatic carbocycles. The maximum Gasteiger partial charge on any atom is 0.329 e. The summed E-state index contributed by atoms with van der Waals surface area (Å²) in [5.74, 6) is 0.812. The molecule has 1 aliphatic rings. The lowest BCUT2D eigenvalue weighted by molar-refractivity contribution is -0.384. The number of hydrogen-bond acceptors (Lipinski definition) is 7. The van der Waals surface area contributed by atoms with Crippen molar-refractivity contribution in [2.75, 3.05) is 44.4 Å². The van der Waals surface area contributed by atoms with E-state index in [9.17, 15) is 10.1 Å². The van der Waals surface area contributed by atoms with Gasteiger partial charge in [0.05, 0.1) is 4.92 Å². The Balaban J connectivity index is 2.21. The molecular formula is C12H20N6O2. The SMILES string of the molecule is CNc1ncc([N+](=O)[O-])c(N2CCC(N(C)C)CC2)n1. The van der Waals surface area contributed by atoms with E-state index in [4.69, 9.17) is 0 Å². The van der Waals surface area contributed by atoms with E-state index in [1.165, 1.54) is 6.20 Å². The number of nitrogens with zero attached hydrogens (tertiary/aromatic N) is 5. The van der Waals surface area contributed by atoms with Gasteiger partial charge in [-0.2, -0.15) is 4.98 Å². The second-order valence-corrected chi connectivity index (χ2v) is 5.09. The normalized spacial score (nSPS) is 16.5. The van der Waals surface area contributed by atoms with Crippen LogP contribution >= 0.6 is 0 Å². The van der Waals surface area contributed by atoms with Gasteiger partial charge in [-0.05, 0) is 26.9 Å². The molecule has 0 atom stereocenters. The fourth-order valence-corrected chi connectivity index (χ4v) is 2.44. The Morgan fingerprint density at radius 1 is 1.45 bits per heavy atom. The predicted molar refractivity (Wildman–Crippen MR) is 77.2 cm³/mol. The monoisotopic (exact) mass is 280 g/mol. The predicted octanol–water partition coefficient (Wildman–Crippen LogP) is 0.957. The molecule has 1 fully saturated rings. The van der Waals surface area contributed by atoms with Crippen LogP contribution in [0.2, 0.25) is 0 Å². The minimum atomic E-state index is -0.424. The molecule has 0 unspecified atom stereocenters. The summed E-state index contributed by atoms with van der Waals surface area (Å²) in [4.78, 5) is 23.0.